The number of carbonyl (C=O) groups excluding carboxylic acids is 2. The van der Waals surface area contributed by atoms with E-state index in [2.05, 4.69) is 0 Å². The van der Waals surface area contributed by atoms with Gasteiger partial charge in [0, 0.05) is 11.3 Å². The maximum atomic E-state index is 12.9. The highest BCUT2D eigenvalue weighted by molar-refractivity contribution is 7.89. The SMILES string of the molecule is CC(C)Cc1cc(-c2ccc(OCCN(C[C@H](O)c3ccc(N)cc3)C(=O)OC(C)(C)C)cc2)ccc1C(=O)NS(C)(=O)=O. The lowest BCUT2D eigenvalue weighted by molar-refractivity contribution is 0.0117. The number of amides is 2. The predicted molar refractivity (Wildman–Crippen MR) is 172 cm³/mol. The van der Waals surface area contributed by atoms with Gasteiger partial charge < -0.3 is 25.2 Å². The number of benzene rings is 3. The Morgan fingerprint density at radius 3 is 2.16 bits per heavy atom. The van der Waals surface area contributed by atoms with Crippen LogP contribution in [0.1, 0.15) is 62.2 Å². The van der Waals surface area contributed by atoms with Crippen LogP contribution in [0, 0.1) is 5.92 Å². The first-order valence-corrected chi connectivity index (χ1v) is 16.3. The fourth-order valence-electron chi connectivity index (χ4n) is 4.46. The van der Waals surface area contributed by atoms with Crippen LogP contribution in [-0.4, -0.2) is 62.0 Å². The van der Waals surface area contributed by atoms with Crippen LogP contribution in [0.4, 0.5) is 10.5 Å². The van der Waals surface area contributed by atoms with Crippen LogP contribution in [0.5, 0.6) is 5.75 Å². The summed E-state index contributed by atoms with van der Waals surface area (Å²) in [6.45, 7) is 9.75. The van der Waals surface area contributed by atoms with Crippen molar-refractivity contribution >= 4 is 27.7 Å². The lowest BCUT2D eigenvalue weighted by atomic mass is 9.93. The minimum atomic E-state index is -3.69. The Morgan fingerprint density at radius 2 is 1.59 bits per heavy atom. The third-order valence-electron chi connectivity index (χ3n) is 6.44. The average molecular weight is 626 g/mol. The molecule has 0 bridgehead atoms. The van der Waals surface area contributed by atoms with Crippen molar-refractivity contribution in [2.75, 3.05) is 31.7 Å². The lowest BCUT2D eigenvalue weighted by Crippen LogP contribution is -2.41. The maximum absolute atomic E-state index is 12.9. The number of nitrogens with two attached hydrogens (primary N) is 1. The van der Waals surface area contributed by atoms with Crippen molar-refractivity contribution < 1.29 is 32.6 Å². The van der Waals surface area contributed by atoms with E-state index in [0.29, 0.717) is 29.0 Å². The largest absolute Gasteiger partial charge is 0.492 e. The minimum Gasteiger partial charge on any atom is -0.492 e. The second-order valence-electron chi connectivity index (χ2n) is 12.2. The molecule has 3 rings (SSSR count). The number of anilines is 1. The van der Waals surface area contributed by atoms with Gasteiger partial charge in [-0.25, -0.2) is 17.9 Å². The molecule has 0 fully saturated rings. The summed E-state index contributed by atoms with van der Waals surface area (Å²) in [4.78, 5) is 26.9. The van der Waals surface area contributed by atoms with Crippen molar-refractivity contribution in [1.82, 2.24) is 9.62 Å². The fraction of sp³-hybridized carbons (Fsp3) is 0.394. The summed E-state index contributed by atoms with van der Waals surface area (Å²) in [5.41, 5.74) is 9.09. The Morgan fingerprint density at radius 1 is 0.977 bits per heavy atom. The Hall–Kier alpha value is -4.09. The normalized spacial score (nSPS) is 12.5. The molecule has 4 N–H and O–H groups in total. The minimum absolute atomic E-state index is 0.0119. The molecular weight excluding hydrogens is 582 g/mol. The van der Waals surface area contributed by atoms with Gasteiger partial charge in [0.2, 0.25) is 10.0 Å². The van der Waals surface area contributed by atoms with Gasteiger partial charge in [-0.05, 0) is 85.7 Å². The first-order chi connectivity index (χ1) is 20.5. The number of aliphatic hydroxyl groups is 1. The molecule has 3 aromatic rings. The lowest BCUT2D eigenvalue weighted by Gasteiger charge is -2.29. The topological polar surface area (TPSA) is 148 Å². The van der Waals surface area contributed by atoms with Crippen LogP contribution in [0.2, 0.25) is 0 Å². The summed E-state index contributed by atoms with van der Waals surface area (Å²) >= 11 is 0. The van der Waals surface area contributed by atoms with Crippen molar-refractivity contribution in [2.45, 2.75) is 52.7 Å². The summed E-state index contributed by atoms with van der Waals surface area (Å²) in [5.74, 6) is 0.182. The van der Waals surface area contributed by atoms with E-state index in [4.69, 9.17) is 15.2 Å². The number of hydrogen-bond donors (Lipinski definition) is 3. The molecule has 0 aliphatic heterocycles. The fourth-order valence-corrected chi connectivity index (χ4v) is 4.91. The number of ether oxygens (including phenoxy) is 2. The van der Waals surface area contributed by atoms with Crippen LogP contribution >= 0.6 is 0 Å². The number of aliphatic hydroxyl groups excluding tert-OH is 1. The number of nitrogens with zero attached hydrogens (tertiary/aromatic N) is 1. The summed E-state index contributed by atoms with van der Waals surface area (Å²) in [6, 6.07) is 19.5. The van der Waals surface area contributed by atoms with Crippen molar-refractivity contribution in [1.29, 1.82) is 0 Å². The predicted octanol–water partition coefficient (Wildman–Crippen LogP) is 5.17. The molecule has 11 heteroatoms. The van der Waals surface area contributed by atoms with Gasteiger partial charge in [-0.1, -0.05) is 50.2 Å². The molecule has 0 unspecified atom stereocenters. The van der Waals surface area contributed by atoms with Gasteiger partial charge in [-0.2, -0.15) is 0 Å². The van der Waals surface area contributed by atoms with E-state index >= 15 is 0 Å². The number of carbonyl (C=O) groups is 2. The molecule has 44 heavy (non-hydrogen) atoms. The number of nitrogen functional groups attached to an aromatic ring is 1. The first kappa shape index (κ1) is 34.4. The van der Waals surface area contributed by atoms with E-state index in [-0.39, 0.29) is 25.6 Å². The number of rotatable bonds is 12. The highest BCUT2D eigenvalue weighted by Gasteiger charge is 2.25. The summed E-state index contributed by atoms with van der Waals surface area (Å²) in [6.07, 6.45) is 0.0527. The molecule has 238 valence electrons. The molecule has 2 amide bonds. The van der Waals surface area contributed by atoms with Crippen molar-refractivity contribution in [2.24, 2.45) is 5.92 Å². The summed E-state index contributed by atoms with van der Waals surface area (Å²) in [5, 5.41) is 10.8. The number of nitrogens with one attached hydrogen (secondary N) is 1. The van der Waals surface area contributed by atoms with E-state index in [1.807, 2.05) is 48.9 Å². The van der Waals surface area contributed by atoms with E-state index in [1.54, 1.807) is 57.2 Å². The van der Waals surface area contributed by atoms with E-state index in [0.717, 1.165) is 22.9 Å². The van der Waals surface area contributed by atoms with Crippen LogP contribution in [-0.2, 0) is 21.2 Å². The van der Waals surface area contributed by atoms with Crippen molar-refractivity contribution in [3.05, 3.63) is 83.4 Å². The average Bonchev–Trinajstić information content (AvgIpc) is 2.91. The zero-order valence-electron chi connectivity index (χ0n) is 26.2. The van der Waals surface area contributed by atoms with Crippen LogP contribution in [0.3, 0.4) is 0 Å². The van der Waals surface area contributed by atoms with Gasteiger partial charge in [0.25, 0.3) is 5.91 Å². The third kappa shape index (κ3) is 10.9. The van der Waals surface area contributed by atoms with Gasteiger partial charge in [0.15, 0.2) is 0 Å². The monoisotopic (exact) mass is 625 g/mol. The third-order valence-corrected chi connectivity index (χ3v) is 7.00. The van der Waals surface area contributed by atoms with E-state index in [1.165, 1.54) is 4.90 Å². The molecule has 0 saturated carbocycles. The Kier molecular flexibility index (Phi) is 11.4. The van der Waals surface area contributed by atoms with Gasteiger partial charge >= 0.3 is 6.09 Å². The quantitative estimate of drug-likeness (QED) is 0.234. The number of sulfonamides is 1. The molecule has 3 aromatic carbocycles. The molecule has 10 nitrogen and oxygen atoms in total. The second-order valence-corrected chi connectivity index (χ2v) is 13.9. The number of hydrogen-bond acceptors (Lipinski definition) is 8. The maximum Gasteiger partial charge on any atom is 0.410 e. The molecule has 0 heterocycles. The molecule has 0 saturated heterocycles. The standard InChI is InChI=1S/C33H43N3O7S/c1-22(2)19-26-20-25(11-16-29(26)31(38)35-44(6,40)41)23-9-14-28(15-10-23)42-18-17-36(32(39)43-33(3,4)5)21-30(37)24-7-12-27(34)13-8-24/h7-16,20,22,30,37H,17-19,21,34H2,1-6H3,(H,35,38)/t30-/m0/s1. The highest BCUT2D eigenvalue weighted by Crippen LogP contribution is 2.27. The van der Waals surface area contributed by atoms with E-state index in [9.17, 15) is 23.1 Å². The van der Waals surface area contributed by atoms with Crippen LogP contribution in [0.25, 0.3) is 11.1 Å². The molecule has 0 aliphatic carbocycles. The molecule has 0 spiro atoms. The van der Waals surface area contributed by atoms with Gasteiger partial charge in [-0.3, -0.25) is 4.79 Å². The van der Waals surface area contributed by atoms with Gasteiger partial charge in [0.1, 0.15) is 18.0 Å². The van der Waals surface area contributed by atoms with Gasteiger partial charge in [0.05, 0.1) is 25.4 Å². The van der Waals surface area contributed by atoms with Crippen molar-refractivity contribution in [3.63, 3.8) is 0 Å². The highest BCUT2D eigenvalue weighted by atomic mass is 32.2. The smallest absolute Gasteiger partial charge is 0.410 e. The molecule has 0 radical (unpaired) electrons. The van der Waals surface area contributed by atoms with E-state index < -0.39 is 33.7 Å². The van der Waals surface area contributed by atoms with Gasteiger partial charge in [-0.15, -0.1) is 0 Å². The Bertz CT molecular complexity index is 1530. The Balaban J connectivity index is 1.70. The van der Waals surface area contributed by atoms with Crippen LogP contribution in [0.15, 0.2) is 66.7 Å². The zero-order valence-corrected chi connectivity index (χ0v) is 27.0. The molecule has 1 atom stereocenters. The molecule has 0 aliphatic rings. The second kappa shape index (κ2) is 14.6. The summed E-state index contributed by atoms with van der Waals surface area (Å²) in [7, 11) is -3.69. The first-order valence-electron chi connectivity index (χ1n) is 14.4. The molecule has 0 aromatic heterocycles. The Labute approximate surface area is 260 Å². The summed E-state index contributed by atoms with van der Waals surface area (Å²) < 4.78 is 36.7. The van der Waals surface area contributed by atoms with Crippen LogP contribution < -0.4 is 15.2 Å². The molecular formula is C33H43N3O7S. The zero-order chi connectivity index (χ0) is 32.7. The van der Waals surface area contributed by atoms with Crippen molar-refractivity contribution in [3.8, 4) is 16.9 Å².